The van der Waals surface area contributed by atoms with E-state index >= 15 is 0 Å². The van der Waals surface area contributed by atoms with Crippen molar-refractivity contribution in [3.8, 4) is 6.07 Å². The van der Waals surface area contributed by atoms with E-state index in [1.807, 2.05) is 6.07 Å². The van der Waals surface area contributed by atoms with Gasteiger partial charge in [0.2, 0.25) is 10.0 Å². The largest absolute Gasteiger partial charge is 0.296 e. The van der Waals surface area contributed by atoms with Crippen LogP contribution in [0.3, 0.4) is 0 Å². The van der Waals surface area contributed by atoms with E-state index in [1.165, 1.54) is 16.4 Å². The second kappa shape index (κ2) is 8.06. The van der Waals surface area contributed by atoms with Gasteiger partial charge in [-0.05, 0) is 24.1 Å². The minimum Gasteiger partial charge on any atom is -0.296 e. The minimum atomic E-state index is -3.29. The molecule has 1 aromatic rings. The summed E-state index contributed by atoms with van der Waals surface area (Å²) in [5, 5.41) is 8.87. The molecule has 0 amide bonds. The van der Waals surface area contributed by atoms with Crippen molar-refractivity contribution < 1.29 is 12.8 Å². The van der Waals surface area contributed by atoms with Gasteiger partial charge in [0.1, 0.15) is 5.82 Å². The molecule has 1 aliphatic heterocycles. The molecule has 0 N–H and O–H groups in total. The van der Waals surface area contributed by atoms with Gasteiger partial charge in [-0.2, -0.15) is 9.57 Å². The Morgan fingerprint density at radius 1 is 1.26 bits per heavy atom. The molecule has 1 saturated heterocycles. The van der Waals surface area contributed by atoms with E-state index in [1.54, 1.807) is 6.07 Å². The molecule has 0 aliphatic carbocycles. The summed E-state index contributed by atoms with van der Waals surface area (Å²) >= 11 is 6.02. The topological polar surface area (TPSA) is 64.4 Å². The summed E-state index contributed by atoms with van der Waals surface area (Å²) in [6, 6.07) is 6.27. The Labute approximate surface area is 141 Å². The Bertz CT molecular complexity index is 682. The minimum absolute atomic E-state index is 0.0182. The number of piperazine rings is 1. The average Bonchev–Trinajstić information content (AvgIpc) is 2.51. The number of sulfonamides is 1. The van der Waals surface area contributed by atoms with Crippen LogP contribution in [0.15, 0.2) is 18.2 Å². The predicted molar refractivity (Wildman–Crippen MR) is 86.9 cm³/mol. The van der Waals surface area contributed by atoms with E-state index in [2.05, 4.69) is 4.90 Å². The van der Waals surface area contributed by atoms with Gasteiger partial charge in [-0.3, -0.25) is 4.90 Å². The fourth-order valence-corrected chi connectivity index (χ4v) is 4.23. The maximum atomic E-state index is 13.0. The highest BCUT2D eigenvalue weighted by atomic mass is 35.5. The third kappa shape index (κ3) is 5.15. The van der Waals surface area contributed by atoms with E-state index < -0.39 is 10.0 Å². The molecule has 0 bridgehead atoms. The molecule has 0 saturated carbocycles. The maximum absolute atomic E-state index is 13.0. The number of nitrogens with zero attached hydrogens (tertiary/aromatic N) is 3. The lowest BCUT2D eigenvalue weighted by atomic mass is 10.2. The molecule has 2 rings (SSSR count). The monoisotopic (exact) mass is 359 g/mol. The zero-order valence-electron chi connectivity index (χ0n) is 12.7. The van der Waals surface area contributed by atoms with Crippen molar-refractivity contribution in [1.29, 1.82) is 5.26 Å². The van der Waals surface area contributed by atoms with E-state index in [-0.39, 0.29) is 18.0 Å². The summed E-state index contributed by atoms with van der Waals surface area (Å²) in [7, 11) is -3.29. The number of halogens is 2. The summed E-state index contributed by atoms with van der Waals surface area (Å²) < 4.78 is 38.8. The van der Waals surface area contributed by atoms with Gasteiger partial charge in [-0.15, -0.1) is 0 Å². The van der Waals surface area contributed by atoms with Crippen LogP contribution < -0.4 is 0 Å². The van der Waals surface area contributed by atoms with Gasteiger partial charge in [0, 0.05) is 44.2 Å². The molecule has 5 nitrogen and oxygen atoms in total. The lowest BCUT2D eigenvalue weighted by molar-refractivity contribution is 0.181. The molecule has 0 aromatic heterocycles. The number of nitriles is 1. The lowest BCUT2D eigenvalue weighted by Crippen LogP contribution is -2.48. The zero-order valence-corrected chi connectivity index (χ0v) is 14.3. The van der Waals surface area contributed by atoms with Gasteiger partial charge < -0.3 is 0 Å². The number of benzene rings is 1. The Balaban J connectivity index is 1.87. The molecule has 0 unspecified atom stereocenters. The Morgan fingerprint density at radius 3 is 2.57 bits per heavy atom. The summed E-state index contributed by atoms with van der Waals surface area (Å²) in [6.45, 7) is 2.62. The molecule has 0 atom stereocenters. The van der Waals surface area contributed by atoms with E-state index in [0.29, 0.717) is 44.2 Å². The van der Waals surface area contributed by atoms with Crippen LogP contribution in [0.5, 0.6) is 0 Å². The van der Waals surface area contributed by atoms with Crippen LogP contribution in [0, 0.1) is 17.1 Å². The molecule has 23 heavy (non-hydrogen) atoms. The highest BCUT2D eigenvalue weighted by Crippen LogP contribution is 2.20. The average molecular weight is 360 g/mol. The quantitative estimate of drug-likeness (QED) is 0.731. The second-order valence-electron chi connectivity index (χ2n) is 5.49. The van der Waals surface area contributed by atoms with Crippen molar-refractivity contribution >= 4 is 21.6 Å². The molecule has 1 fully saturated rings. The van der Waals surface area contributed by atoms with Crippen LogP contribution in [0.1, 0.15) is 18.4 Å². The van der Waals surface area contributed by atoms with Gasteiger partial charge in [0.05, 0.1) is 11.8 Å². The summed E-state index contributed by atoms with van der Waals surface area (Å²) in [4.78, 5) is 2.10. The summed E-state index contributed by atoms with van der Waals surface area (Å²) in [6.07, 6.45) is 0.618. The first kappa shape index (κ1) is 18.1. The lowest BCUT2D eigenvalue weighted by Gasteiger charge is -2.34. The smallest absolute Gasteiger partial charge is 0.214 e. The third-order valence-electron chi connectivity index (χ3n) is 3.82. The van der Waals surface area contributed by atoms with Crippen LogP contribution in [-0.2, 0) is 16.6 Å². The highest BCUT2D eigenvalue weighted by molar-refractivity contribution is 7.89. The number of unbranched alkanes of at least 4 members (excludes halogenated alkanes) is 1. The molecule has 0 spiro atoms. The first-order valence-electron chi connectivity index (χ1n) is 7.43. The molecule has 1 aromatic carbocycles. The van der Waals surface area contributed by atoms with E-state index in [9.17, 15) is 12.8 Å². The standard InChI is InChI=1S/C15H19ClFN3O2S/c16-15-11-14(17)4-3-13(15)12-19-6-8-20(9-7-19)23(21,22)10-2-1-5-18/h3-4,11H,1-2,6-10,12H2. The van der Waals surface area contributed by atoms with Crippen molar-refractivity contribution in [2.75, 3.05) is 31.9 Å². The van der Waals surface area contributed by atoms with Crippen molar-refractivity contribution in [2.45, 2.75) is 19.4 Å². The van der Waals surface area contributed by atoms with E-state index in [4.69, 9.17) is 16.9 Å². The highest BCUT2D eigenvalue weighted by Gasteiger charge is 2.26. The molecular weight excluding hydrogens is 341 g/mol. The van der Waals surface area contributed by atoms with Gasteiger partial charge in [-0.1, -0.05) is 17.7 Å². The Morgan fingerprint density at radius 2 is 1.96 bits per heavy atom. The molecule has 1 heterocycles. The van der Waals surface area contributed by atoms with Gasteiger partial charge in [0.25, 0.3) is 0 Å². The van der Waals surface area contributed by atoms with Crippen molar-refractivity contribution in [3.05, 3.63) is 34.6 Å². The van der Waals surface area contributed by atoms with Crippen LogP contribution in [0.2, 0.25) is 5.02 Å². The number of hydrogen-bond donors (Lipinski definition) is 0. The van der Waals surface area contributed by atoms with Crippen LogP contribution >= 0.6 is 11.6 Å². The van der Waals surface area contributed by atoms with Crippen molar-refractivity contribution in [1.82, 2.24) is 9.21 Å². The van der Waals surface area contributed by atoms with Crippen LogP contribution in [-0.4, -0.2) is 49.6 Å². The molecular formula is C15H19ClFN3O2S. The Hall–Kier alpha value is -1.20. The van der Waals surface area contributed by atoms with Crippen molar-refractivity contribution in [2.24, 2.45) is 0 Å². The molecule has 126 valence electrons. The second-order valence-corrected chi connectivity index (χ2v) is 7.98. The fourth-order valence-electron chi connectivity index (χ4n) is 2.52. The first-order chi connectivity index (χ1) is 10.9. The fraction of sp³-hybridized carbons (Fsp3) is 0.533. The maximum Gasteiger partial charge on any atom is 0.214 e. The van der Waals surface area contributed by atoms with E-state index in [0.717, 1.165) is 5.56 Å². The van der Waals surface area contributed by atoms with Crippen LogP contribution in [0.25, 0.3) is 0 Å². The first-order valence-corrected chi connectivity index (χ1v) is 9.42. The molecule has 8 heteroatoms. The van der Waals surface area contributed by atoms with Gasteiger partial charge in [0.15, 0.2) is 0 Å². The molecule has 1 aliphatic rings. The zero-order chi connectivity index (χ0) is 16.9. The van der Waals surface area contributed by atoms with Crippen LogP contribution in [0.4, 0.5) is 4.39 Å². The SMILES string of the molecule is N#CCCCS(=O)(=O)N1CCN(Cc2ccc(F)cc2Cl)CC1. The molecule has 0 radical (unpaired) electrons. The third-order valence-corrected chi connectivity index (χ3v) is 6.13. The number of rotatable bonds is 6. The van der Waals surface area contributed by atoms with Gasteiger partial charge in [-0.25, -0.2) is 12.8 Å². The Kier molecular flexibility index (Phi) is 6.36. The van der Waals surface area contributed by atoms with Gasteiger partial charge >= 0.3 is 0 Å². The number of hydrogen-bond acceptors (Lipinski definition) is 4. The predicted octanol–water partition coefficient (Wildman–Crippen LogP) is 2.23. The summed E-state index contributed by atoms with van der Waals surface area (Å²) in [5.41, 5.74) is 0.832. The normalized spacial score (nSPS) is 17.1. The van der Waals surface area contributed by atoms with Crippen molar-refractivity contribution in [3.63, 3.8) is 0 Å². The summed E-state index contributed by atoms with van der Waals surface area (Å²) in [5.74, 6) is -0.350.